The Bertz CT molecular complexity index is 1170. The van der Waals surface area contributed by atoms with Crippen molar-refractivity contribution in [3.05, 3.63) is 69.5 Å². The lowest BCUT2D eigenvalue weighted by atomic mass is 9.94. The SMILES string of the molecule is CC(=NNC(=O)CCC(=O)O)c1c(-c2ccccc2)c2cc(Cl)ccc2[nH]c1=O. The van der Waals surface area contributed by atoms with Crippen molar-refractivity contribution < 1.29 is 14.7 Å². The van der Waals surface area contributed by atoms with E-state index < -0.39 is 11.9 Å². The first-order valence-electron chi connectivity index (χ1n) is 8.83. The van der Waals surface area contributed by atoms with Gasteiger partial charge >= 0.3 is 5.97 Å². The van der Waals surface area contributed by atoms with Crippen molar-refractivity contribution in [2.45, 2.75) is 19.8 Å². The fraction of sp³-hybridized carbons (Fsp3) is 0.143. The Morgan fingerprint density at radius 1 is 1.14 bits per heavy atom. The number of hydrazone groups is 1. The van der Waals surface area contributed by atoms with Crippen molar-refractivity contribution in [3.63, 3.8) is 0 Å². The number of carboxylic acids is 1. The number of amides is 1. The number of carbonyl (C=O) groups excluding carboxylic acids is 1. The summed E-state index contributed by atoms with van der Waals surface area (Å²) >= 11 is 6.19. The van der Waals surface area contributed by atoms with Crippen LogP contribution in [0.4, 0.5) is 0 Å². The summed E-state index contributed by atoms with van der Waals surface area (Å²) in [7, 11) is 0. The number of aromatic nitrogens is 1. The lowest BCUT2D eigenvalue weighted by Gasteiger charge is -2.13. The predicted octanol–water partition coefficient (Wildman–Crippen LogP) is 3.55. The zero-order chi connectivity index (χ0) is 21.0. The van der Waals surface area contributed by atoms with Crippen molar-refractivity contribution >= 4 is 40.1 Å². The Morgan fingerprint density at radius 2 is 1.86 bits per heavy atom. The monoisotopic (exact) mass is 411 g/mol. The zero-order valence-electron chi connectivity index (χ0n) is 15.5. The minimum Gasteiger partial charge on any atom is -0.481 e. The van der Waals surface area contributed by atoms with Crippen molar-refractivity contribution in [1.29, 1.82) is 0 Å². The molecular formula is C21H18ClN3O4. The second kappa shape index (κ2) is 8.70. The lowest BCUT2D eigenvalue weighted by molar-refractivity contribution is -0.138. The van der Waals surface area contributed by atoms with Gasteiger partial charge in [-0.1, -0.05) is 41.9 Å². The zero-order valence-corrected chi connectivity index (χ0v) is 16.3. The van der Waals surface area contributed by atoms with E-state index in [1.165, 1.54) is 0 Å². The summed E-state index contributed by atoms with van der Waals surface area (Å²) in [6.45, 7) is 1.60. The van der Waals surface area contributed by atoms with Gasteiger partial charge < -0.3 is 10.1 Å². The maximum Gasteiger partial charge on any atom is 0.303 e. The molecule has 0 atom stereocenters. The molecule has 0 spiro atoms. The van der Waals surface area contributed by atoms with Crippen LogP contribution in [0, 0.1) is 0 Å². The first kappa shape index (κ1) is 20.3. The number of H-pyrrole nitrogens is 1. The predicted molar refractivity (Wildman–Crippen MR) is 112 cm³/mol. The molecule has 0 saturated carbocycles. The van der Waals surface area contributed by atoms with Crippen LogP contribution in [0.2, 0.25) is 5.02 Å². The normalized spacial score (nSPS) is 11.4. The molecule has 0 aliphatic rings. The van der Waals surface area contributed by atoms with E-state index in [2.05, 4.69) is 15.5 Å². The van der Waals surface area contributed by atoms with Gasteiger partial charge in [-0.3, -0.25) is 14.4 Å². The second-order valence-electron chi connectivity index (χ2n) is 6.39. The van der Waals surface area contributed by atoms with Crippen LogP contribution in [0.25, 0.3) is 22.0 Å². The number of benzene rings is 2. The van der Waals surface area contributed by atoms with Gasteiger partial charge in [0, 0.05) is 27.9 Å². The summed E-state index contributed by atoms with van der Waals surface area (Å²) in [5.41, 5.74) is 4.60. The van der Waals surface area contributed by atoms with Crippen LogP contribution in [0.5, 0.6) is 0 Å². The number of pyridine rings is 1. The highest BCUT2D eigenvalue weighted by atomic mass is 35.5. The standard InChI is InChI=1S/C21H18ClN3O4/c1-12(24-25-17(26)9-10-18(27)28)19-20(13-5-3-2-4-6-13)15-11-14(22)7-8-16(15)23-21(19)29/h2-8,11H,9-10H2,1H3,(H,23,29)(H,25,26)(H,27,28). The third-order valence-corrected chi connectivity index (χ3v) is 4.55. The molecular weight excluding hydrogens is 394 g/mol. The molecule has 0 bridgehead atoms. The Morgan fingerprint density at radius 3 is 2.55 bits per heavy atom. The Labute approximate surface area is 171 Å². The largest absolute Gasteiger partial charge is 0.481 e. The van der Waals surface area contributed by atoms with E-state index in [1.54, 1.807) is 25.1 Å². The summed E-state index contributed by atoms with van der Waals surface area (Å²) in [4.78, 5) is 38.1. The highest BCUT2D eigenvalue weighted by molar-refractivity contribution is 6.31. The summed E-state index contributed by atoms with van der Waals surface area (Å²) in [6, 6.07) is 14.5. The minimum atomic E-state index is -1.07. The molecule has 8 heteroatoms. The Kier molecular flexibility index (Phi) is 6.09. The number of hydrogen-bond donors (Lipinski definition) is 3. The minimum absolute atomic E-state index is 0.207. The van der Waals surface area contributed by atoms with Crippen LogP contribution in [0.15, 0.2) is 58.4 Å². The van der Waals surface area contributed by atoms with Crippen LogP contribution < -0.4 is 11.0 Å². The number of hydrogen-bond acceptors (Lipinski definition) is 4. The maximum atomic E-state index is 12.9. The molecule has 1 heterocycles. The number of carbonyl (C=O) groups is 2. The quantitative estimate of drug-likeness (QED) is 0.425. The van der Waals surface area contributed by atoms with Gasteiger partial charge in [-0.05, 0) is 30.7 Å². The van der Waals surface area contributed by atoms with E-state index in [1.807, 2.05) is 30.3 Å². The second-order valence-corrected chi connectivity index (χ2v) is 6.82. The molecule has 1 aromatic heterocycles. The molecule has 1 amide bonds. The van der Waals surface area contributed by atoms with Crippen LogP contribution in [-0.2, 0) is 9.59 Å². The van der Waals surface area contributed by atoms with E-state index >= 15 is 0 Å². The summed E-state index contributed by atoms with van der Waals surface area (Å²) in [6.07, 6.45) is -0.508. The van der Waals surface area contributed by atoms with E-state index in [0.29, 0.717) is 21.7 Å². The van der Waals surface area contributed by atoms with Crippen LogP contribution in [-0.4, -0.2) is 27.7 Å². The van der Waals surface area contributed by atoms with Crippen molar-refractivity contribution in [1.82, 2.24) is 10.4 Å². The van der Waals surface area contributed by atoms with Gasteiger partial charge in [-0.25, -0.2) is 5.43 Å². The maximum absolute atomic E-state index is 12.9. The summed E-state index contributed by atoms with van der Waals surface area (Å²) in [5.74, 6) is -1.62. The number of nitrogens with one attached hydrogen (secondary N) is 2. The van der Waals surface area contributed by atoms with Gasteiger partial charge in [-0.2, -0.15) is 5.10 Å². The molecule has 148 valence electrons. The molecule has 0 radical (unpaired) electrons. The van der Waals surface area contributed by atoms with Crippen molar-refractivity contribution in [2.24, 2.45) is 5.10 Å². The van der Waals surface area contributed by atoms with Crippen molar-refractivity contribution in [2.75, 3.05) is 0 Å². The van der Waals surface area contributed by atoms with Gasteiger partial charge in [0.1, 0.15) is 0 Å². The average Bonchev–Trinajstić information content (AvgIpc) is 2.70. The number of carboxylic acid groups (broad SMARTS) is 1. The molecule has 0 unspecified atom stereocenters. The lowest BCUT2D eigenvalue weighted by Crippen LogP contribution is -2.24. The van der Waals surface area contributed by atoms with Crippen LogP contribution in [0.1, 0.15) is 25.3 Å². The van der Waals surface area contributed by atoms with E-state index in [9.17, 15) is 14.4 Å². The molecule has 3 rings (SSSR count). The fourth-order valence-electron chi connectivity index (χ4n) is 2.99. The fourth-order valence-corrected chi connectivity index (χ4v) is 3.17. The number of halogens is 1. The summed E-state index contributed by atoms with van der Waals surface area (Å²) < 4.78 is 0. The number of aromatic amines is 1. The molecule has 0 aliphatic heterocycles. The van der Waals surface area contributed by atoms with Gasteiger partial charge in [0.05, 0.1) is 17.7 Å². The first-order valence-corrected chi connectivity index (χ1v) is 9.21. The molecule has 3 N–H and O–H groups in total. The van der Waals surface area contributed by atoms with Gasteiger partial charge in [0.2, 0.25) is 5.91 Å². The third-order valence-electron chi connectivity index (χ3n) is 4.31. The Hall–Kier alpha value is -3.45. The Balaban J connectivity index is 2.13. The van der Waals surface area contributed by atoms with E-state index in [-0.39, 0.29) is 24.1 Å². The highest BCUT2D eigenvalue weighted by Gasteiger charge is 2.17. The third kappa shape index (κ3) is 4.70. The smallest absolute Gasteiger partial charge is 0.303 e. The van der Waals surface area contributed by atoms with Crippen molar-refractivity contribution in [3.8, 4) is 11.1 Å². The number of rotatable bonds is 6. The molecule has 3 aromatic rings. The number of nitrogens with zero attached hydrogens (tertiary/aromatic N) is 1. The molecule has 0 aliphatic carbocycles. The highest BCUT2D eigenvalue weighted by Crippen LogP contribution is 2.31. The molecule has 0 saturated heterocycles. The average molecular weight is 412 g/mol. The van der Waals surface area contributed by atoms with Gasteiger partial charge in [0.15, 0.2) is 0 Å². The molecule has 2 aromatic carbocycles. The number of aliphatic carboxylic acids is 1. The van der Waals surface area contributed by atoms with E-state index in [4.69, 9.17) is 16.7 Å². The van der Waals surface area contributed by atoms with Crippen LogP contribution in [0.3, 0.4) is 0 Å². The molecule has 0 fully saturated rings. The number of fused-ring (bicyclic) bond motifs is 1. The van der Waals surface area contributed by atoms with Gasteiger partial charge in [0.25, 0.3) is 5.56 Å². The first-order chi connectivity index (χ1) is 13.9. The molecule has 7 nitrogen and oxygen atoms in total. The van der Waals surface area contributed by atoms with Gasteiger partial charge in [-0.15, -0.1) is 0 Å². The van der Waals surface area contributed by atoms with Crippen LogP contribution >= 0.6 is 11.6 Å². The molecule has 29 heavy (non-hydrogen) atoms. The topological polar surface area (TPSA) is 112 Å². The summed E-state index contributed by atoms with van der Waals surface area (Å²) in [5, 5.41) is 13.9. The van der Waals surface area contributed by atoms with E-state index in [0.717, 1.165) is 10.9 Å².